The summed E-state index contributed by atoms with van der Waals surface area (Å²) in [5.74, 6) is 0.914. The third-order valence-electron chi connectivity index (χ3n) is 3.68. The Labute approximate surface area is 107 Å². The molecule has 2 aromatic rings. The Morgan fingerprint density at radius 1 is 1.39 bits per heavy atom. The van der Waals surface area contributed by atoms with Gasteiger partial charge in [-0.25, -0.2) is 0 Å². The fraction of sp³-hybridized carbons (Fsp3) is 0.333. The first-order valence-corrected chi connectivity index (χ1v) is 6.39. The lowest BCUT2D eigenvalue weighted by Gasteiger charge is -2.20. The van der Waals surface area contributed by atoms with E-state index in [1.165, 1.54) is 22.2 Å². The van der Waals surface area contributed by atoms with Crippen molar-refractivity contribution in [2.24, 2.45) is 0 Å². The van der Waals surface area contributed by atoms with Crippen molar-refractivity contribution in [2.45, 2.75) is 26.4 Å². The zero-order chi connectivity index (χ0) is 12.7. The van der Waals surface area contributed by atoms with E-state index < -0.39 is 0 Å². The molecule has 0 spiro atoms. The second kappa shape index (κ2) is 4.09. The molecule has 0 saturated carbocycles. The minimum absolute atomic E-state index is 0.350. The number of fused-ring (bicyclic) bond motifs is 3. The SMILES string of the molecule is CCn1c2c(c3ccc(OC)cc31)C=CNC2C. The predicted molar refractivity (Wildman–Crippen MR) is 74.7 cm³/mol. The lowest BCUT2D eigenvalue weighted by atomic mass is 10.0. The van der Waals surface area contributed by atoms with Crippen LogP contribution in [0, 0.1) is 0 Å². The molecule has 94 valence electrons. The molecule has 1 aromatic carbocycles. The van der Waals surface area contributed by atoms with Gasteiger partial charge in [0.15, 0.2) is 0 Å². The number of methoxy groups -OCH3 is 1. The number of hydrogen-bond donors (Lipinski definition) is 1. The van der Waals surface area contributed by atoms with Gasteiger partial charge in [-0.15, -0.1) is 0 Å². The lowest BCUT2D eigenvalue weighted by molar-refractivity contribution is 0.415. The summed E-state index contributed by atoms with van der Waals surface area (Å²) in [4.78, 5) is 0. The molecule has 1 aliphatic heterocycles. The summed E-state index contributed by atoms with van der Waals surface area (Å²) in [6.07, 6.45) is 4.20. The second-order valence-corrected chi connectivity index (χ2v) is 4.65. The Balaban J connectivity index is 2.37. The summed E-state index contributed by atoms with van der Waals surface area (Å²) in [6, 6.07) is 6.66. The molecule has 1 atom stereocenters. The molecule has 1 aliphatic rings. The van der Waals surface area contributed by atoms with E-state index in [0.29, 0.717) is 6.04 Å². The van der Waals surface area contributed by atoms with E-state index in [4.69, 9.17) is 4.74 Å². The van der Waals surface area contributed by atoms with Crippen LogP contribution >= 0.6 is 0 Å². The van der Waals surface area contributed by atoms with Crippen LogP contribution in [-0.2, 0) is 6.54 Å². The smallest absolute Gasteiger partial charge is 0.120 e. The quantitative estimate of drug-likeness (QED) is 0.874. The maximum atomic E-state index is 5.33. The minimum Gasteiger partial charge on any atom is -0.497 e. The molecule has 3 nitrogen and oxygen atoms in total. The molecule has 3 rings (SSSR count). The third kappa shape index (κ3) is 1.43. The molecule has 0 saturated heterocycles. The van der Waals surface area contributed by atoms with Crippen LogP contribution in [0.4, 0.5) is 0 Å². The Morgan fingerprint density at radius 2 is 2.22 bits per heavy atom. The number of aryl methyl sites for hydroxylation is 1. The van der Waals surface area contributed by atoms with Crippen molar-refractivity contribution < 1.29 is 4.74 Å². The monoisotopic (exact) mass is 242 g/mol. The summed E-state index contributed by atoms with van der Waals surface area (Å²) in [5, 5.41) is 4.67. The molecule has 1 unspecified atom stereocenters. The van der Waals surface area contributed by atoms with E-state index in [-0.39, 0.29) is 0 Å². The first-order valence-electron chi connectivity index (χ1n) is 6.39. The minimum atomic E-state index is 0.350. The van der Waals surface area contributed by atoms with E-state index in [9.17, 15) is 0 Å². The molecule has 0 aliphatic carbocycles. The Bertz CT molecular complexity index is 625. The van der Waals surface area contributed by atoms with Crippen LogP contribution in [0.3, 0.4) is 0 Å². The maximum Gasteiger partial charge on any atom is 0.120 e. The van der Waals surface area contributed by atoms with Gasteiger partial charge in [0.1, 0.15) is 5.75 Å². The van der Waals surface area contributed by atoms with E-state index in [1.807, 2.05) is 12.3 Å². The highest BCUT2D eigenvalue weighted by Crippen LogP contribution is 2.35. The van der Waals surface area contributed by atoms with Crippen LogP contribution in [0.15, 0.2) is 24.4 Å². The highest BCUT2D eigenvalue weighted by molar-refractivity contribution is 5.93. The number of nitrogens with one attached hydrogen (secondary N) is 1. The van der Waals surface area contributed by atoms with Crippen LogP contribution < -0.4 is 10.1 Å². The zero-order valence-corrected chi connectivity index (χ0v) is 11.0. The molecular weight excluding hydrogens is 224 g/mol. The highest BCUT2D eigenvalue weighted by atomic mass is 16.5. The number of nitrogens with zero attached hydrogens (tertiary/aromatic N) is 1. The number of ether oxygens (including phenoxy) is 1. The van der Waals surface area contributed by atoms with E-state index >= 15 is 0 Å². The summed E-state index contributed by atoms with van der Waals surface area (Å²) in [7, 11) is 1.71. The Morgan fingerprint density at radius 3 is 2.94 bits per heavy atom. The van der Waals surface area contributed by atoms with Crippen molar-refractivity contribution in [3.05, 3.63) is 35.7 Å². The number of aromatic nitrogens is 1. The maximum absolute atomic E-state index is 5.33. The van der Waals surface area contributed by atoms with Crippen LogP contribution in [-0.4, -0.2) is 11.7 Å². The van der Waals surface area contributed by atoms with Crippen molar-refractivity contribution in [3.63, 3.8) is 0 Å². The largest absolute Gasteiger partial charge is 0.497 e. The molecule has 18 heavy (non-hydrogen) atoms. The van der Waals surface area contributed by atoms with Gasteiger partial charge >= 0.3 is 0 Å². The van der Waals surface area contributed by atoms with Gasteiger partial charge in [-0.05, 0) is 38.3 Å². The first-order chi connectivity index (χ1) is 8.76. The van der Waals surface area contributed by atoms with Gasteiger partial charge < -0.3 is 14.6 Å². The average molecular weight is 242 g/mol. The van der Waals surface area contributed by atoms with Gasteiger partial charge in [-0.3, -0.25) is 0 Å². The van der Waals surface area contributed by atoms with Crippen molar-refractivity contribution in [2.75, 3.05) is 7.11 Å². The molecule has 1 aromatic heterocycles. The molecular formula is C15H18N2O. The Kier molecular flexibility index (Phi) is 2.54. The summed E-state index contributed by atoms with van der Waals surface area (Å²) < 4.78 is 7.70. The number of benzene rings is 1. The van der Waals surface area contributed by atoms with Crippen LogP contribution in [0.1, 0.15) is 31.1 Å². The molecule has 0 bridgehead atoms. The zero-order valence-electron chi connectivity index (χ0n) is 11.0. The van der Waals surface area contributed by atoms with Crippen LogP contribution in [0.5, 0.6) is 5.75 Å². The molecule has 0 amide bonds. The van der Waals surface area contributed by atoms with Crippen LogP contribution in [0.2, 0.25) is 0 Å². The van der Waals surface area contributed by atoms with E-state index in [0.717, 1.165) is 12.3 Å². The van der Waals surface area contributed by atoms with Gasteiger partial charge in [-0.1, -0.05) is 0 Å². The fourth-order valence-corrected chi connectivity index (χ4v) is 2.84. The van der Waals surface area contributed by atoms with Crippen molar-refractivity contribution in [1.82, 2.24) is 9.88 Å². The molecule has 2 heterocycles. The number of hydrogen-bond acceptors (Lipinski definition) is 2. The predicted octanol–water partition coefficient (Wildman–Crippen LogP) is 3.30. The molecule has 3 heteroatoms. The van der Waals surface area contributed by atoms with Gasteiger partial charge in [0.05, 0.1) is 18.7 Å². The Hall–Kier alpha value is -1.90. The highest BCUT2D eigenvalue weighted by Gasteiger charge is 2.21. The molecule has 1 N–H and O–H groups in total. The first kappa shape index (κ1) is 11.2. The fourth-order valence-electron chi connectivity index (χ4n) is 2.84. The van der Waals surface area contributed by atoms with Gasteiger partial charge in [-0.2, -0.15) is 0 Å². The standard InChI is InChI=1S/C15H18N2O/c1-4-17-14-9-11(18-3)5-6-12(14)13-7-8-16-10(2)15(13)17/h5-10,16H,4H2,1-3H3. The normalized spacial score (nSPS) is 17.6. The van der Waals surface area contributed by atoms with E-state index in [2.05, 4.69) is 41.9 Å². The number of rotatable bonds is 2. The van der Waals surface area contributed by atoms with Gasteiger partial charge in [0.25, 0.3) is 0 Å². The van der Waals surface area contributed by atoms with Gasteiger partial charge in [0, 0.05) is 29.3 Å². The third-order valence-corrected chi connectivity index (χ3v) is 3.68. The van der Waals surface area contributed by atoms with Gasteiger partial charge in [0.2, 0.25) is 0 Å². The lowest BCUT2D eigenvalue weighted by Crippen LogP contribution is -2.19. The van der Waals surface area contributed by atoms with Crippen LogP contribution in [0.25, 0.3) is 17.0 Å². The summed E-state index contributed by atoms with van der Waals surface area (Å²) in [5.41, 5.74) is 3.95. The van der Waals surface area contributed by atoms with E-state index in [1.54, 1.807) is 7.11 Å². The summed E-state index contributed by atoms with van der Waals surface area (Å²) >= 11 is 0. The molecule has 0 radical (unpaired) electrons. The van der Waals surface area contributed by atoms with Crippen molar-refractivity contribution >= 4 is 17.0 Å². The summed E-state index contributed by atoms with van der Waals surface area (Å²) in [6.45, 7) is 5.35. The average Bonchev–Trinajstić information content (AvgIpc) is 2.73. The van der Waals surface area contributed by atoms with Crippen molar-refractivity contribution in [3.8, 4) is 5.75 Å². The topological polar surface area (TPSA) is 26.2 Å². The molecule has 0 fully saturated rings. The second-order valence-electron chi connectivity index (χ2n) is 4.65. The van der Waals surface area contributed by atoms with Crippen molar-refractivity contribution in [1.29, 1.82) is 0 Å².